The predicted octanol–water partition coefficient (Wildman–Crippen LogP) is 5.36. The van der Waals surface area contributed by atoms with Gasteiger partial charge < -0.3 is 16.0 Å². The Morgan fingerprint density at radius 2 is 1.66 bits per heavy atom. The van der Waals surface area contributed by atoms with E-state index in [1.54, 1.807) is 23.6 Å². The Morgan fingerprint density at radius 3 is 2.46 bits per heavy atom. The van der Waals surface area contributed by atoms with Crippen LogP contribution in [0, 0.1) is 6.92 Å². The zero-order valence-corrected chi connectivity index (χ0v) is 20.6. The van der Waals surface area contributed by atoms with Gasteiger partial charge in [-0.1, -0.05) is 24.3 Å². The Labute approximate surface area is 205 Å². The van der Waals surface area contributed by atoms with Gasteiger partial charge in [0, 0.05) is 23.0 Å². The summed E-state index contributed by atoms with van der Waals surface area (Å²) in [6, 6.07) is 15.8. The van der Waals surface area contributed by atoms with E-state index >= 15 is 0 Å². The van der Waals surface area contributed by atoms with Crippen LogP contribution >= 0.6 is 11.3 Å². The van der Waals surface area contributed by atoms with Gasteiger partial charge in [-0.25, -0.2) is 9.97 Å². The molecule has 9 heteroatoms. The van der Waals surface area contributed by atoms with E-state index < -0.39 is 10.9 Å². The Morgan fingerprint density at radius 1 is 0.886 bits per heavy atom. The smallest absolute Gasteiger partial charge is 0.253 e. The van der Waals surface area contributed by atoms with Gasteiger partial charge >= 0.3 is 0 Å². The molecular formula is C26H24N6O2S. The third kappa shape index (κ3) is 4.63. The molecule has 0 aliphatic heterocycles. The number of fused-ring (bicyclic) bond motifs is 1. The second-order valence-electron chi connectivity index (χ2n) is 9.26. The molecule has 0 fully saturated rings. The molecule has 0 aliphatic rings. The summed E-state index contributed by atoms with van der Waals surface area (Å²) in [5.41, 5.74) is 2.92. The number of hydrogen-bond donors (Lipinski definition) is 3. The average Bonchev–Trinajstić information content (AvgIpc) is 3.20. The second kappa shape index (κ2) is 8.59. The maximum absolute atomic E-state index is 12.2. The molecule has 0 radical (unpaired) electrons. The molecule has 5 aromatic rings. The van der Waals surface area contributed by atoms with Gasteiger partial charge in [0.25, 0.3) is 10.9 Å². The minimum absolute atomic E-state index is 0.211. The van der Waals surface area contributed by atoms with Crippen molar-refractivity contribution in [2.75, 3.05) is 16.0 Å². The van der Waals surface area contributed by atoms with Crippen molar-refractivity contribution in [2.24, 2.45) is 0 Å². The van der Waals surface area contributed by atoms with Gasteiger partial charge in [-0.15, -0.1) is 11.3 Å². The van der Waals surface area contributed by atoms with Crippen molar-refractivity contribution in [3.05, 3.63) is 80.2 Å². The summed E-state index contributed by atoms with van der Waals surface area (Å²) in [5.74, 6) is 0.770. The number of thiazole rings is 1. The largest absolute Gasteiger partial charge is 0.375 e. The molecule has 35 heavy (non-hydrogen) atoms. The first-order valence-corrected chi connectivity index (χ1v) is 11.9. The zero-order chi connectivity index (χ0) is 24.7. The molecule has 0 saturated heterocycles. The summed E-state index contributed by atoms with van der Waals surface area (Å²) in [6.07, 6.45) is 1.59. The molecule has 0 bridgehead atoms. The SMILES string of the molecule is Cc1nc2ccc(-c3ccccc3Nc3nccc(Nc4c(NC(C)(C)C)c(=O)c4=O)n3)cc2s1. The molecule has 176 valence electrons. The minimum atomic E-state index is -0.566. The van der Waals surface area contributed by atoms with Crippen molar-refractivity contribution in [2.45, 2.75) is 33.2 Å². The third-order valence-electron chi connectivity index (χ3n) is 5.30. The maximum Gasteiger partial charge on any atom is 0.253 e. The van der Waals surface area contributed by atoms with Gasteiger partial charge in [0.15, 0.2) is 0 Å². The van der Waals surface area contributed by atoms with Crippen LogP contribution in [0.2, 0.25) is 0 Å². The highest BCUT2D eigenvalue weighted by atomic mass is 32.1. The van der Waals surface area contributed by atoms with Crippen LogP contribution in [-0.2, 0) is 0 Å². The number of hydrogen-bond acceptors (Lipinski definition) is 9. The minimum Gasteiger partial charge on any atom is -0.375 e. The van der Waals surface area contributed by atoms with Crippen LogP contribution in [-0.4, -0.2) is 20.5 Å². The van der Waals surface area contributed by atoms with Crippen LogP contribution in [0.5, 0.6) is 0 Å². The highest BCUT2D eigenvalue weighted by molar-refractivity contribution is 7.18. The van der Waals surface area contributed by atoms with E-state index in [9.17, 15) is 9.59 Å². The normalized spacial score (nSPS) is 11.7. The van der Waals surface area contributed by atoms with E-state index in [0.717, 1.165) is 32.0 Å². The van der Waals surface area contributed by atoms with Crippen LogP contribution in [0.25, 0.3) is 21.3 Å². The molecule has 0 atom stereocenters. The molecule has 2 aromatic heterocycles. The fourth-order valence-electron chi connectivity index (χ4n) is 3.79. The number of rotatable bonds is 6. The van der Waals surface area contributed by atoms with Crippen molar-refractivity contribution in [3.63, 3.8) is 0 Å². The fourth-order valence-corrected chi connectivity index (χ4v) is 4.66. The number of anilines is 5. The lowest BCUT2D eigenvalue weighted by molar-refractivity contribution is 0.632. The Kier molecular flexibility index (Phi) is 5.56. The van der Waals surface area contributed by atoms with Crippen LogP contribution in [0.1, 0.15) is 25.8 Å². The Balaban J connectivity index is 1.42. The first-order valence-electron chi connectivity index (χ1n) is 11.1. The molecule has 3 aromatic carbocycles. The van der Waals surface area contributed by atoms with Crippen LogP contribution in [0.15, 0.2) is 64.3 Å². The van der Waals surface area contributed by atoms with Crippen LogP contribution < -0.4 is 26.8 Å². The summed E-state index contributed by atoms with van der Waals surface area (Å²) >= 11 is 1.66. The van der Waals surface area contributed by atoms with E-state index in [1.165, 1.54) is 0 Å². The molecule has 8 nitrogen and oxygen atoms in total. The quantitative estimate of drug-likeness (QED) is 0.277. The van der Waals surface area contributed by atoms with E-state index in [2.05, 4.69) is 43.0 Å². The monoisotopic (exact) mass is 484 g/mol. The first kappa shape index (κ1) is 22.7. The van der Waals surface area contributed by atoms with Gasteiger partial charge in [0.1, 0.15) is 17.2 Å². The van der Waals surface area contributed by atoms with E-state index in [1.807, 2.05) is 58.0 Å². The van der Waals surface area contributed by atoms with Gasteiger partial charge in [-0.05, 0) is 57.5 Å². The average molecular weight is 485 g/mol. The third-order valence-corrected chi connectivity index (χ3v) is 6.23. The predicted molar refractivity (Wildman–Crippen MR) is 143 cm³/mol. The van der Waals surface area contributed by atoms with Gasteiger partial charge in [-0.3, -0.25) is 9.59 Å². The lowest BCUT2D eigenvalue weighted by atomic mass is 10.0. The molecule has 0 aliphatic carbocycles. The molecule has 0 amide bonds. The summed E-state index contributed by atoms with van der Waals surface area (Å²) < 4.78 is 1.13. The maximum atomic E-state index is 12.2. The molecule has 2 heterocycles. The van der Waals surface area contributed by atoms with Crippen molar-refractivity contribution in [1.29, 1.82) is 0 Å². The second-order valence-corrected chi connectivity index (χ2v) is 10.5. The van der Waals surface area contributed by atoms with E-state index in [-0.39, 0.29) is 16.9 Å². The lowest BCUT2D eigenvalue weighted by Crippen LogP contribution is -2.41. The van der Waals surface area contributed by atoms with Crippen LogP contribution in [0.4, 0.5) is 28.8 Å². The Hall–Kier alpha value is -4.11. The zero-order valence-electron chi connectivity index (χ0n) is 19.8. The number of nitrogens with zero attached hydrogens (tertiary/aromatic N) is 3. The molecule has 0 saturated carbocycles. The van der Waals surface area contributed by atoms with E-state index in [4.69, 9.17) is 0 Å². The van der Waals surface area contributed by atoms with Gasteiger partial charge in [0.2, 0.25) is 5.95 Å². The van der Waals surface area contributed by atoms with Crippen molar-refractivity contribution >= 4 is 50.4 Å². The molecular weight excluding hydrogens is 460 g/mol. The standard InChI is InChI=1S/C26H24N6O2S/c1-14-28-18-10-9-15(13-19(18)35-14)16-7-5-6-8-17(16)29-25-27-12-11-20(31-25)30-21-22(24(34)23(21)33)32-26(2,3)4/h5-13,32H,1-4H3,(H2,27,29,30,31). The molecule has 0 unspecified atom stereocenters. The number of nitrogens with one attached hydrogen (secondary N) is 3. The number of aromatic nitrogens is 3. The van der Waals surface area contributed by atoms with Crippen LogP contribution in [0.3, 0.4) is 0 Å². The first-order chi connectivity index (χ1) is 16.7. The van der Waals surface area contributed by atoms with Gasteiger partial charge in [0.05, 0.1) is 15.2 Å². The number of para-hydroxylation sites is 1. The van der Waals surface area contributed by atoms with Crippen molar-refractivity contribution in [3.8, 4) is 11.1 Å². The summed E-state index contributed by atoms with van der Waals surface area (Å²) in [4.78, 5) is 37.6. The molecule has 3 N–H and O–H groups in total. The highest BCUT2D eigenvalue weighted by Crippen LogP contribution is 2.33. The fraction of sp³-hybridized carbons (Fsp3) is 0.192. The topological polar surface area (TPSA) is 109 Å². The van der Waals surface area contributed by atoms with Crippen molar-refractivity contribution in [1.82, 2.24) is 15.0 Å². The highest BCUT2D eigenvalue weighted by Gasteiger charge is 2.25. The summed E-state index contributed by atoms with van der Waals surface area (Å²) in [5, 5.41) is 10.4. The number of benzene rings is 2. The van der Waals surface area contributed by atoms with E-state index in [0.29, 0.717) is 11.8 Å². The van der Waals surface area contributed by atoms with Crippen molar-refractivity contribution < 1.29 is 0 Å². The molecule has 0 spiro atoms. The number of aryl methyl sites for hydroxylation is 1. The Bertz CT molecular complexity index is 1630. The summed E-state index contributed by atoms with van der Waals surface area (Å²) in [7, 11) is 0. The summed E-state index contributed by atoms with van der Waals surface area (Å²) in [6.45, 7) is 7.77. The lowest BCUT2D eigenvalue weighted by Gasteiger charge is -2.24. The van der Waals surface area contributed by atoms with Gasteiger partial charge in [-0.2, -0.15) is 4.98 Å². The molecule has 5 rings (SSSR count).